The van der Waals surface area contributed by atoms with E-state index in [9.17, 15) is 14.4 Å². The zero-order valence-corrected chi connectivity index (χ0v) is 27.2. The van der Waals surface area contributed by atoms with E-state index in [2.05, 4.69) is 20.9 Å². The molecule has 0 saturated carbocycles. The number of hydrogen-bond donors (Lipinski definition) is 3. The molecule has 0 bridgehead atoms. The number of methoxy groups -OCH3 is 1. The van der Waals surface area contributed by atoms with E-state index >= 15 is 0 Å². The summed E-state index contributed by atoms with van der Waals surface area (Å²) in [5, 5.41) is 9.99. The van der Waals surface area contributed by atoms with Crippen LogP contribution in [0.5, 0.6) is 0 Å². The van der Waals surface area contributed by atoms with E-state index in [-0.39, 0.29) is 24.7 Å². The summed E-state index contributed by atoms with van der Waals surface area (Å²) in [6.07, 6.45) is 1.78. The van der Waals surface area contributed by atoms with E-state index in [0.717, 1.165) is 16.7 Å². The Morgan fingerprint density at radius 3 is 2.32 bits per heavy atom. The van der Waals surface area contributed by atoms with Gasteiger partial charge in [0, 0.05) is 25.2 Å². The quantitative estimate of drug-likeness (QED) is 0.190. The molecular weight excluding hydrogens is 618 g/mol. The minimum absolute atomic E-state index is 0.0557. The third-order valence-electron chi connectivity index (χ3n) is 8.00. The summed E-state index contributed by atoms with van der Waals surface area (Å²) < 4.78 is 16.5. The SMILES string of the molecule is COC(=O)N[C@H](C(=O)Nc1ccccc1CC[C@@H]1CN[C@H](COC(=O)N(C)c2cncs2)CO1)C(c1ccccc1)c1ccccc1. The van der Waals surface area contributed by atoms with Crippen LogP contribution in [0.25, 0.3) is 0 Å². The molecule has 5 rings (SSSR count). The lowest BCUT2D eigenvalue weighted by Crippen LogP contribution is -2.49. The van der Waals surface area contributed by atoms with Crippen molar-refractivity contribution >= 4 is 40.1 Å². The average Bonchev–Trinajstić information content (AvgIpc) is 3.66. The number of carbonyl (C=O) groups excluding carboxylic acids is 3. The first-order valence-corrected chi connectivity index (χ1v) is 16.3. The minimum atomic E-state index is -0.959. The highest BCUT2D eigenvalue weighted by Gasteiger charge is 2.33. The normalized spacial score (nSPS) is 16.6. The molecule has 0 spiro atoms. The molecule has 3 aromatic carbocycles. The Balaban J connectivity index is 1.20. The van der Waals surface area contributed by atoms with Crippen LogP contribution in [-0.4, -0.2) is 75.2 Å². The molecule has 0 unspecified atom stereocenters. The first-order valence-electron chi connectivity index (χ1n) is 15.4. The van der Waals surface area contributed by atoms with Crippen LogP contribution in [0.3, 0.4) is 0 Å². The number of thiazole rings is 1. The molecule has 0 radical (unpaired) electrons. The predicted octanol–water partition coefficient (Wildman–Crippen LogP) is 5.20. The summed E-state index contributed by atoms with van der Waals surface area (Å²) in [6, 6.07) is 25.8. The molecule has 47 heavy (non-hydrogen) atoms. The fraction of sp³-hybridized carbons (Fsp3) is 0.314. The largest absolute Gasteiger partial charge is 0.453 e. The van der Waals surface area contributed by atoms with Gasteiger partial charge in [-0.2, -0.15) is 0 Å². The lowest BCUT2D eigenvalue weighted by Gasteiger charge is -2.30. The molecule has 12 heteroatoms. The number of alkyl carbamates (subject to hydrolysis) is 1. The van der Waals surface area contributed by atoms with Gasteiger partial charge in [-0.3, -0.25) is 14.7 Å². The van der Waals surface area contributed by atoms with E-state index < -0.39 is 24.1 Å². The van der Waals surface area contributed by atoms with Crippen LogP contribution in [0, 0.1) is 0 Å². The van der Waals surface area contributed by atoms with Crippen LogP contribution in [0.15, 0.2) is 96.6 Å². The van der Waals surface area contributed by atoms with Crippen LogP contribution in [0.2, 0.25) is 0 Å². The topological polar surface area (TPSA) is 131 Å². The summed E-state index contributed by atoms with van der Waals surface area (Å²) in [6.45, 7) is 1.20. The van der Waals surface area contributed by atoms with E-state index in [4.69, 9.17) is 14.2 Å². The van der Waals surface area contributed by atoms with Gasteiger partial charge in [-0.25, -0.2) is 9.59 Å². The number of rotatable bonds is 12. The second-order valence-corrected chi connectivity index (χ2v) is 12.0. The number of benzene rings is 3. The van der Waals surface area contributed by atoms with Crippen LogP contribution in [0.4, 0.5) is 20.3 Å². The highest BCUT2D eigenvalue weighted by molar-refractivity contribution is 7.14. The number of carbonyl (C=O) groups is 3. The number of morpholine rings is 1. The monoisotopic (exact) mass is 657 g/mol. The van der Waals surface area contributed by atoms with Gasteiger partial charge in [0.1, 0.15) is 17.6 Å². The zero-order valence-electron chi connectivity index (χ0n) is 26.3. The molecule has 1 saturated heterocycles. The van der Waals surface area contributed by atoms with Crippen LogP contribution >= 0.6 is 11.3 Å². The maximum atomic E-state index is 14.0. The molecule has 1 aromatic heterocycles. The summed E-state index contributed by atoms with van der Waals surface area (Å²) in [4.78, 5) is 44.3. The highest BCUT2D eigenvalue weighted by Crippen LogP contribution is 2.30. The van der Waals surface area contributed by atoms with Crippen molar-refractivity contribution in [2.24, 2.45) is 0 Å². The first kappa shape index (κ1) is 33.6. The van der Waals surface area contributed by atoms with Gasteiger partial charge in [0.25, 0.3) is 0 Å². The molecule has 2 heterocycles. The Hall–Kier alpha value is -4.78. The Morgan fingerprint density at radius 1 is 1.02 bits per heavy atom. The average molecular weight is 658 g/mol. The van der Waals surface area contributed by atoms with Gasteiger partial charge in [0.2, 0.25) is 5.91 Å². The molecule has 1 fully saturated rings. The molecule has 4 aromatic rings. The van der Waals surface area contributed by atoms with Crippen molar-refractivity contribution in [2.45, 2.75) is 36.9 Å². The smallest absolute Gasteiger partial charge is 0.414 e. The third-order valence-corrected chi connectivity index (χ3v) is 8.85. The highest BCUT2D eigenvalue weighted by atomic mass is 32.1. The Morgan fingerprint density at radius 2 is 1.70 bits per heavy atom. The lowest BCUT2D eigenvalue weighted by atomic mass is 9.84. The molecule has 3 amide bonds. The van der Waals surface area contributed by atoms with Gasteiger partial charge in [-0.05, 0) is 35.6 Å². The van der Waals surface area contributed by atoms with E-state index in [0.29, 0.717) is 36.7 Å². The van der Waals surface area contributed by atoms with Crippen LogP contribution in [-0.2, 0) is 25.4 Å². The molecule has 1 aliphatic heterocycles. The number of aryl methyl sites for hydroxylation is 1. The number of nitrogens with one attached hydrogen (secondary N) is 3. The number of ether oxygens (including phenoxy) is 3. The van der Waals surface area contributed by atoms with Crippen molar-refractivity contribution in [3.8, 4) is 0 Å². The zero-order chi connectivity index (χ0) is 33.0. The second-order valence-electron chi connectivity index (χ2n) is 11.1. The minimum Gasteiger partial charge on any atom is -0.453 e. The third kappa shape index (κ3) is 9.16. The van der Waals surface area contributed by atoms with Crippen LogP contribution in [0.1, 0.15) is 29.0 Å². The maximum absolute atomic E-state index is 14.0. The lowest BCUT2D eigenvalue weighted by molar-refractivity contribution is -0.118. The Kier molecular flexibility index (Phi) is 11.9. The maximum Gasteiger partial charge on any atom is 0.414 e. The van der Waals surface area contributed by atoms with Gasteiger partial charge in [0.05, 0.1) is 37.6 Å². The van der Waals surface area contributed by atoms with E-state index in [1.807, 2.05) is 84.9 Å². The summed E-state index contributed by atoms with van der Waals surface area (Å²) in [7, 11) is 2.93. The van der Waals surface area contributed by atoms with Gasteiger partial charge >= 0.3 is 12.2 Å². The van der Waals surface area contributed by atoms with Crippen molar-refractivity contribution < 1.29 is 28.6 Å². The molecular formula is C35H39N5O6S. The van der Waals surface area contributed by atoms with Crippen molar-refractivity contribution in [2.75, 3.05) is 44.1 Å². The standard InChI is InChI=1S/C35H39N5O6S/c1-40(30-20-36-23-47-30)35(43)46-22-27-21-45-28(19-37-27)18-17-24-11-9-10-16-29(24)38-33(41)32(39-34(42)44-2)31(25-12-5-3-6-13-25)26-14-7-4-8-15-26/h3-16,20,23,27-28,31-32,37H,17-19,21-22H2,1-2H3,(H,38,41)(H,39,42)/t27-,28+,32-/m0/s1. The number of para-hydroxylation sites is 1. The number of hydrogen-bond acceptors (Lipinski definition) is 9. The van der Waals surface area contributed by atoms with Gasteiger partial charge in [0.15, 0.2) is 0 Å². The summed E-state index contributed by atoms with van der Waals surface area (Å²) >= 11 is 1.36. The number of anilines is 2. The predicted molar refractivity (Wildman–Crippen MR) is 181 cm³/mol. The molecule has 246 valence electrons. The van der Waals surface area contributed by atoms with Crippen molar-refractivity contribution in [3.05, 3.63) is 113 Å². The summed E-state index contributed by atoms with van der Waals surface area (Å²) in [5.41, 5.74) is 5.03. The van der Waals surface area contributed by atoms with Crippen molar-refractivity contribution in [1.29, 1.82) is 0 Å². The van der Waals surface area contributed by atoms with Crippen LogP contribution < -0.4 is 20.9 Å². The molecule has 1 aliphatic rings. The first-order chi connectivity index (χ1) is 22.9. The van der Waals surface area contributed by atoms with Crippen molar-refractivity contribution in [3.63, 3.8) is 0 Å². The fourth-order valence-electron chi connectivity index (χ4n) is 5.47. The van der Waals surface area contributed by atoms with E-state index in [1.165, 1.54) is 23.3 Å². The fourth-order valence-corrected chi connectivity index (χ4v) is 6.05. The molecule has 3 N–H and O–H groups in total. The van der Waals surface area contributed by atoms with Gasteiger partial charge in [-0.15, -0.1) is 11.3 Å². The molecule has 0 aliphatic carbocycles. The Bertz CT molecular complexity index is 1540. The van der Waals surface area contributed by atoms with Gasteiger partial charge < -0.3 is 30.2 Å². The summed E-state index contributed by atoms with van der Waals surface area (Å²) in [5.74, 6) is -0.833. The Labute approximate surface area is 278 Å². The second kappa shape index (κ2) is 16.7. The van der Waals surface area contributed by atoms with Crippen molar-refractivity contribution in [1.82, 2.24) is 15.6 Å². The molecule has 11 nitrogen and oxygen atoms in total. The number of amides is 3. The molecule has 3 atom stereocenters. The number of aromatic nitrogens is 1. The van der Waals surface area contributed by atoms with Gasteiger partial charge in [-0.1, -0.05) is 78.9 Å². The van der Waals surface area contributed by atoms with E-state index in [1.54, 1.807) is 18.8 Å². The number of nitrogens with zero attached hydrogens (tertiary/aromatic N) is 2.